The molecule has 0 aromatic carbocycles. The van der Waals surface area contributed by atoms with E-state index in [2.05, 4.69) is 11.8 Å². The van der Waals surface area contributed by atoms with Crippen LogP contribution in [0.2, 0.25) is 0 Å². The molecule has 0 fully saturated rings. The van der Waals surface area contributed by atoms with E-state index in [-0.39, 0.29) is 5.60 Å². The Morgan fingerprint density at radius 2 is 2.00 bits per heavy atom. The Morgan fingerprint density at radius 3 is 2.33 bits per heavy atom. The lowest BCUT2D eigenvalue weighted by molar-refractivity contribution is -0.330. The molecule has 0 aliphatic carbocycles. The zero-order valence-corrected chi connectivity index (χ0v) is 6.60. The normalized spacial score (nSPS) is 12.0. The van der Waals surface area contributed by atoms with E-state index in [9.17, 15) is 0 Å². The van der Waals surface area contributed by atoms with Crippen LogP contribution in [-0.2, 0) is 9.78 Å². The first-order chi connectivity index (χ1) is 4.12. The second-order valence-electron chi connectivity index (χ2n) is 2.53. The Bertz CT molecular complexity index is 69.3. The molecule has 1 radical (unpaired) electrons. The summed E-state index contributed by atoms with van der Waals surface area (Å²) in [7, 11) is 0. The molecule has 0 rings (SSSR count). The maximum atomic E-state index is 4.97. The number of hydrogen-bond donors (Lipinski definition) is 0. The zero-order chi connectivity index (χ0) is 7.33. The zero-order valence-electron chi connectivity index (χ0n) is 6.60. The maximum Gasteiger partial charge on any atom is 0.119 e. The third kappa shape index (κ3) is 4.43. The van der Waals surface area contributed by atoms with Crippen molar-refractivity contribution in [2.45, 2.75) is 39.7 Å². The van der Waals surface area contributed by atoms with Gasteiger partial charge in [0.05, 0.1) is 5.60 Å². The summed E-state index contributed by atoms with van der Waals surface area (Å²) in [6.45, 7) is 9.33. The van der Waals surface area contributed by atoms with Gasteiger partial charge in [-0.1, -0.05) is 6.92 Å². The van der Waals surface area contributed by atoms with Crippen molar-refractivity contribution in [2.24, 2.45) is 0 Å². The molecular formula is C7H15O2. The molecule has 0 N–H and O–H groups in total. The Kier molecular flexibility index (Phi) is 3.82. The van der Waals surface area contributed by atoms with Gasteiger partial charge in [0.1, 0.15) is 6.61 Å². The van der Waals surface area contributed by atoms with Crippen molar-refractivity contribution in [3.63, 3.8) is 0 Å². The van der Waals surface area contributed by atoms with Crippen LogP contribution in [0.15, 0.2) is 0 Å². The first-order valence-electron chi connectivity index (χ1n) is 3.24. The van der Waals surface area contributed by atoms with E-state index < -0.39 is 0 Å². The van der Waals surface area contributed by atoms with Crippen LogP contribution < -0.4 is 0 Å². The molecule has 0 saturated heterocycles. The number of hydrogen-bond acceptors (Lipinski definition) is 2. The predicted molar refractivity (Wildman–Crippen MR) is 36.5 cm³/mol. The first kappa shape index (κ1) is 8.92. The molecule has 0 bridgehead atoms. The van der Waals surface area contributed by atoms with Crippen LogP contribution in [0, 0.1) is 6.61 Å². The minimum atomic E-state index is -0.160. The molecular weight excluding hydrogens is 116 g/mol. The van der Waals surface area contributed by atoms with Crippen molar-refractivity contribution in [1.29, 1.82) is 0 Å². The molecule has 9 heavy (non-hydrogen) atoms. The minimum absolute atomic E-state index is 0.160. The lowest BCUT2D eigenvalue weighted by atomic mass is 10.1. The fraction of sp³-hybridized carbons (Fsp3) is 0.857. The van der Waals surface area contributed by atoms with Crippen LogP contribution in [-0.4, -0.2) is 5.60 Å². The van der Waals surface area contributed by atoms with Gasteiger partial charge in [-0.05, 0) is 27.2 Å². The van der Waals surface area contributed by atoms with Crippen LogP contribution in [0.5, 0.6) is 0 Å². The summed E-state index contributed by atoms with van der Waals surface area (Å²) in [6, 6.07) is 0. The van der Waals surface area contributed by atoms with Crippen LogP contribution in [0.25, 0.3) is 0 Å². The summed E-state index contributed by atoms with van der Waals surface area (Å²) in [5.41, 5.74) is -0.160. The van der Waals surface area contributed by atoms with Gasteiger partial charge < -0.3 is 0 Å². The number of rotatable bonds is 4. The lowest BCUT2D eigenvalue weighted by Gasteiger charge is -2.20. The van der Waals surface area contributed by atoms with Gasteiger partial charge >= 0.3 is 0 Å². The second-order valence-corrected chi connectivity index (χ2v) is 2.53. The monoisotopic (exact) mass is 131 g/mol. The summed E-state index contributed by atoms with van der Waals surface area (Å²) in [6.07, 6.45) is 0.945. The van der Waals surface area contributed by atoms with Gasteiger partial charge in [0.15, 0.2) is 0 Å². The smallest absolute Gasteiger partial charge is 0.119 e. The highest BCUT2D eigenvalue weighted by Gasteiger charge is 2.15. The summed E-state index contributed by atoms with van der Waals surface area (Å²) < 4.78 is 0. The minimum Gasteiger partial charge on any atom is -0.230 e. The summed E-state index contributed by atoms with van der Waals surface area (Å²) in [5, 5.41) is 0. The van der Waals surface area contributed by atoms with Crippen molar-refractivity contribution in [1.82, 2.24) is 0 Å². The fourth-order valence-electron chi connectivity index (χ4n) is 0.237. The molecule has 0 aromatic rings. The van der Waals surface area contributed by atoms with Crippen molar-refractivity contribution in [3.05, 3.63) is 6.61 Å². The average molecular weight is 131 g/mol. The van der Waals surface area contributed by atoms with E-state index in [4.69, 9.17) is 4.89 Å². The highest BCUT2D eigenvalue weighted by Crippen LogP contribution is 2.13. The van der Waals surface area contributed by atoms with Gasteiger partial charge in [0, 0.05) is 0 Å². The van der Waals surface area contributed by atoms with Gasteiger partial charge in [-0.25, -0.2) is 9.78 Å². The van der Waals surface area contributed by atoms with Crippen LogP contribution in [0.1, 0.15) is 34.1 Å². The molecule has 2 nitrogen and oxygen atoms in total. The van der Waals surface area contributed by atoms with E-state index in [0.29, 0.717) is 0 Å². The van der Waals surface area contributed by atoms with Crippen molar-refractivity contribution < 1.29 is 9.78 Å². The average Bonchev–Trinajstić information content (AvgIpc) is 1.84. The largest absolute Gasteiger partial charge is 0.230 e. The van der Waals surface area contributed by atoms with Gasteiger partial charge in [-0.2, -0.15) is 0 Å². The van der Waals surface area contributed by atoms with E-state index in [0.717, 1.165) is 6.42 Å². The van der Waals surface area contributed by atoms with Crippen molar-refractivity contribution >= 4 is 0 Å². The van der Waals surface area contributed by atoms with Crippen molar-refractivity contribution in [3.8, 4) is 0 Å². The molecule has 0 aliphatic heterocycles. The molecule has 55 valence electrons. The summed E-state index contributed by atoms with van der Waals surface area (Å²) in [5.74, 6) is 0. The van der Waals surface area contributed by atoms with Gasteiger partial charge in [0.25, 0.3) is 0 Å². The van der Waals surface area contributed by atoms with Gasteiger partial charge in [-0.15, -0.1) is 0 Å². The van der Waals surface area contributed by atoms with E-state index >= 15 is 0 Å². The van der Waals surface area contributed by atoms with Gasteiger partial charge in [-0.3, -0.25) is 0 Å². The molecule has 0 unspecified atom stereocenters. The van der Waals surface area contributed by atoms with E-state index in [1.807, 2.05) is 13.8 Å². The van der Waals surface area contributed by atoms with Crippen LogP contribution >= 0.6 is 0 Å². The standard InChI is InChI=1S/C7H15O2/c1-5-7(3,4)9-8-6-2/h6H,5H2,1-4H3. The van der Waals surface area contributed by atoms with E-state index in [1.165, 1.54) is 6.61 Å². The van der Waals surface area contributed by atoms with Crippen LogP contribution in [0.4, 0.5) is 0 Å². The van der Waals surface area contributed by atoms with Crippen LogP contribution in [0.3, 0.4) is 0 Å². The first-order valence-corrected chi connectivity index (χ1v) is 3.24. The molecule has 0 spiro atoms. The third-order valence-electron chi connectivity index (χ3n) is 1.22. The summed E-state index contributed by atoms with van der Waals surface area (Å²) >= 11 is 0. The third-order valence-corrected chi connectivity index (χ3v) is 1.22. The second kappa shape index (κ2) is 3.85. The maximum absolute atomic E-state index is 4.97. The Labute approximate surface area is 57.1 Å². The fourth-order valence-corrected chi connectivity index (χ4v) is 0.237. The highest BCUT2D eigenvalue weighted by molar-refractivity contribution is 4.62. The lowest BCUT2D eigenvalue weighted by Crippen LogP contribution is -2.22. The molecule has 2 heteroatoms. The highest BCUT2D eigenvalue weighted by atomic mass is 17.2. The van der Waals surface area contributed by atoms with Crippen molar-refractivity contribution in [2.75, 3.05) is 0 Å². The molecule has 0 amide bonds. The topological polar surface area (TPSA) is 18.5 Å². The molecule has 0 aromatic heterocycles. The summed E-state index contributed by atoms with van der Waals surface area (Å²) in [4.78, 5) is 9.64. The Morgan fingerprint density at radius 1 is 1.44 bits per heavy atom. The van der Waals surface area contributed by atoms with Gasteiger partial charge in [0.2, 0.25) is 0 Å². The molecule has 0 saturated carbocycles. The Balaban J connectivity index is 3.33. The quantitative estimate of drug-likeness (QED) is 0.430. The molecule has 0 heterocycles. The predicted octanol–water partition coefficient (Wildman–Crippen LogP) is 2.30. The SMILES string of the molecule is C[CH]OOC(C)(C)CC. The van der Waals surface area contributed by atoms with E-state index in [1.54, 1.807) is 6.92 Å². The Hall–Kier alpha value is -0.0800. The molecule has 0 aliphatic rings. The molecule has 0 atom stereocenters.